The molecule has 0 aromatic heterocycles. The van der Waals surface area contributed by atoms with Gasteiger partial charge < -0.3 is 15.2 Å². The summed E-state index contributed by atoms with van der Waals surface area (Å²) < 4.78 is 29.9. The fourth-order valence-electron chi connectivity index (χ4n) is 1.60. The SMILES string of the molecule is CC(C)(CCO)NCc1cc(Br)ccc1OC(F)F. The van der Waals surface area contributed by atoms with Gasteiger partial charge in [-0.3, -0.25) is 0 Å². The van der Waals surface area contributed by atoms with Crippen LogP contribution in [0.5, 0.6) is 5.75 Å². The van der Waals surface area contributed by atoms with Crippen LogP contribution in [0.15, 0.2) is 22.7 Å². The van der Waals surface area contributed by atoms with Crippen LogP contribution in [0.2, 0.25) is 0 Å². The minimum absolute atomic E-state index is 0.0683. The molecule has 0 amide bonds. The number of hydrogen-bond acceptors (Lipinski definition) is 3. The monoisotopic (exact) mass is 337 g/mol. The molecule has 0 bridgehead atoms. The second-order valence-electron chi connectivity index (χ2n) is 4.84. The summed E-state index contributed by atoms with van der Waals surface area (Å²) in [5.41, 5.74) is 0.361. The van der Waals surface area contributed by atoms with E-state index in [1.54, 1.807) is 12.1 Å². The summed E-state index contributed by atoms with van der Waals surface area (Å²) in [6.07, 6.45) is 0.575. The van der Waals surface area contributed by atoms with Gasteiger partial charge >= 0.3 is 6.61 Å². The molecule has 0 spiro atoms. The molecule has 3 nitrogen and oxygen atoms in total. The van der Waals surface area contributed by atoms with Gasteiger partial charge in [0.1, 0.15) is 5.75 Å². The van der Waals surface area contributed by atoms with Crippen molar-refractivity contribution in [3.05, 3.63) is 28.2 Å². The number of halogens is 3. The van der Waals surface area contributed by atoms with E-state index in [1.165, 1.54) is 6.07 Å². The smallest absolute Gasteiger partial charge is 0.387 e. The maximum Gasteiger partial charge on any atom is 0.387 e. The minimum Gasteiger partial charge on any atom is -0.434 e. The number of hydrogen-bond donors (Lipinski definition) is 2. The first-order valence-corrected chi connectivity index (χ1v) is 6.72. The van der Waals surface area contributed by atoms with Gasteiger partial charge in [0.05, 0.1) is 0 Å². The highest BCUT2D eigenvalue weighted by molar-refractivity contribution is 9.10. The zero-order valence-electron chi connectivity index (χ0n) is 10.9. The summed E-state index contributed by atoms with van der Waals surface area (Å²) in [6, 6.07) is 4.89. The van der Waals surface area contributed by atoms with Crippen LogP contribution in [-0.2, 0) is 6.54 Å². The lowest BCUT2D eigenvalue weighted by Crippen LogP contribution is -2.39. The molecule has 19 heavy (non-hydrogen) atoms. The average Bonchev–Trinajstić information content (AvgIpc) is 2.29. The fraction of sp³-hybridized carbons (Fsp3) is 0.538. The van der Waals surface area contributed by atoms with E-state index >= 15 is 0 Å². The quantitative estimate of drug-likeness (QED) is 0.802. The van der Waals surface area contributed by atoms with E-state index in [4.69, 9.17) is 5.11 Å². The highest BCUT2D eigenvalue weighted by Gasteiger charge is 2.17. The Kier molecular flexibility index (Phi) is 6.16. The molecule has 0 aliphatic rings. The average molecular weight is 338 g/mol. The van der Waals surface area contributed by atoms with Crippen molar-refractivity contribution < 1.29 is 18.6 Å². The lowest BCUT2D eigenvalue weighted by Gasteiger charge is -2.26. The van der Waals surface area contributed by atoms with Crippen LogP contribution < -0.4 is 10.1 Å². The van der Waals surface area contributed by atoms with Crippen LogP contribution in [-0.4, -0.2) is 23.9 Å². The molecule has 108 valence electrons. The van der Waals surface area contributed by atoms with Crippen molar-refractivity contribution in [1.29, 1.82) is 0 Å². The summed E-state index contributed by atoms with van der Waals surface area (Å²) in [7, 11) is 0. The summed E-state index contributed by atoms with van der Waals surface area (Å²) in [4.78, 5) is 0. The standard InChI is InChI=1S/C13H18BrF2NO2/c1-13(2,5-6-18)17-8-9-7-10(14)3-4-11(9)19-12(15)16/h3-4,7,12,17-18H,5-6,8H2,1-2H3. The Morgan fingerprint density at radius 2 is 2.11 bits per heavy atom. The van der Waals surface area contributed by atoms with Crippen LogP contribution in [0, 0.1) is 0 Å². The number of nitrogens with one attached hydrogen (secondary N) is 1. The molecule has 1 aromatic rings. The first-order valence-electron chi connectivity index (χ1n) is 5.93. The Labute approximate surface area is 120 Å². The molecule has 0 aliphatic carbocycles. The Morgan fingerprint density at radius 1 is 1.42 bits per heavy atom. The maximum atomic E-state index is 12.3. The Balaban J connectivity index is 2.78. The minimum atomic E-state index is -2.84. The van der Waals surface area contributed by atoms with Gasteiger partial charge in [-0.05, 0) is 38.5 Å². The highest BCUT2D eigenvalue weighted by atomic mass is 79.9. The van der Waals surface area contributed by atoms with Crippen molar-refractivity contribution in [2.45, 2.75) is 39.0 Å². The summed E-state index contributed by atoms with van der Waals surface area (Å²) in [5, 5.41) is 12.2. The summed E-state index contributed by atoms with van der Waals surface area (Å²) >= 11 is 3.30. The van der Waals surface area contributed by atoms with Crippen molar-refractivity contribution in [2.24, 2.45) is 0 Å². The van der Waals surface area contributed by atoms with E-state index in [2.05, 4.69) is 26.0 Å². The second kappa shape index (κ2) is 7.17. The molecular formula is C13H18BrF2NO2. The van der Waals surface area contributed by atoms with E-state index in [9.17, 15) is 8.78 Å². The molecule has 0 fully saturated rings. The molecule has 0 unspecified atom stereocenters. The Morgan fingerprint density at radius 3 is 2.68 bits per heavy atom. The van der Waals surface area contributed by atoms with E-state index in [0.717, 1.165) is 4.47 Å². The van der Waals surface area contributed by atoms with E-state index in [0.29, 0.717) is 18.5 Å². The lowest BCUT2D eigenvalue weighted by molar-refractivity contribution is -0.0505. The second-order valence-corrected chi connectivity index (χ2v) is 5.76. The van der Waals surface area contributed by atoms with Gasteiger partial charge in [0, 0.05) is 28.7 Å². The molecular weight excluding hydrogens is 320 g/mol. The number of ether oxygens (including phenoxy) is 1. The van der Waals surface area contributed by atoms with Crippen LogP contribution >= 0.6 is 15.9 Å². The maximum absolute atomic E-state index is 12.3. The largest absolute Gasteiger partial charge is 0.434 e. The normalized spacial score (nSPS) is 11.9. The molecule has 1 rings (SSSR count). The first kappa shape index (κ1) is 16.3. The van der Waals surface area contributed by atoms with Crippen LogP contribution in [0.4, 0.5) is 8.78 Å². The van der Waals surface area contributed by atoms with Gasteiger partial charge in [0.2, 0.25) is 0 Å². The predicted octanol–water partition coefficient (Wildman–Crippen LogP) is 3.30. The lowest BCUT2D eigenvalue weighted by atomic mass is 10.0. The molecule has 0 radical (unpaired) electrons. The first-order chi connectivity index (χ1) is 8.84. The molecule has 6 heteroatoms. The molecule has 0 saturated carbocycles. The summed E-state index contributed by atoms with van der Waals surface area (Å²) in [5.74, 6) is 0.158. The number of benzene rings is 1. The van der Waals surface area contributed by atoms with Gasteiger partial charge in [0.25, 0.3) is 0 Å². The van der Waals surface area contributed by atoms with Crippen LogP contribution in [0.25, 0.3) is 0 Å². The third-order valence-electron chi connectivity index (χ3n) is 2.73. The van der Waals surface area contributed by atoms with Crippen LogP contribution in [0.3, 0.4) is 0 Å². The van der Waals surface area contributed by atoms with Gasteiger partial charge in [-0.2, -0.15) is 8.78 Å². The van der Waals surface area contributed by atoms with Gasteiger partial charge in [0.15, 0.2) is 0 Å². The molecule has 0 atom stereocenters. The highest BCUT2D eigenvalue weighted by Crippen LogP contribution is 2.25. The topological polar surface area (TPSA) is 41.5 Å². The van der Waals surface area contributed by atoms with Crippen molar-refractivity contribution in [1.82, 2.24) is 5.32 Å². The molecule has 2 N–H and O–H groups in total. The van der Waals surface area contributed by atoms with E-state index in [-0.39, 0.29) is 17.9 Å². The Hall–Kier alpha value is -0.720. The summed E-state index contributed by atoms with van der Waals surface area (Å²) in [6.45, 7) is 1.49. The molecule has 0 aliphatic heterocycles. The predicted molar refractivity (Wildman–Crippen MR) is 73.4 cm³/mol. The van der Waals surface area contributed by atoms with Gasteiger partial charge in [-0.1, -0.05) is 15.9 Å². The number of aliphatic hydroxyl groups is 1. The van der Waals surface area contributed by atoms with Crippen molar-refractivity contribution in [3.8, 4) is 5.75 Å². The van der Waals surface area contributed by atoms with E-state index in [1.807, 2.05) is 13.8 Å². The third-order valence-corrected chi connectivity index (χ3v) is 3.23. The van der Waals surface area contributed by atoms with Crippen LogP contribution in [0.1, 0.15) is 25.8 Å². The van der Waals surface area contributed by atoms with Crippen molar-refractivity contribution in [2.75, 3.05) is 6.61 Å². The molecule has 0 heterocycles. The third kappa shape index (κ3) is 5.84. The van der Waals surface area contributed by atoms with Crippen molar-refractivity contribution >= 4 is 15.9 Å². The number of rotatable bonds is 7. The van der Waals surface area contributed by atoms with Gasteiger partial charge in [-0.25, -0.2) is 0 Å². The zero-order chi connectivity index (χ0) is 14.5. The van der Waals surface area contributed by atoms with Gasteiger partial charge in [-0.15, -0.1) is 0 Å². The van der Waals surface area contributed by atoms with Crippen molar-refractivity contribution in [3.63, 3.8) is 0 Å². The number of aliphatic hydroxyl groups excluding tert-OH is 1. The fourth-order valence-corrected chi connectivity index (χ4v) is 2.01. The number of alkyl halides is 2. The molecule has 0 saturated heterocycles. The Bertz CT molecular complexity index is 414. The molecule has 1 aromatic carbocycles. The zero-order valence-corrected chi connectivity index (χ0v) is 12.5. The van der Waals surface area contributed by atoms with E-state index < -0.39 is 6.61 Å².